The fourth-order valence-corrected chi connectivity index (χ4v) is 1.49. The van der Waals surface area contributed by atoms with Crippen molar-refractivity contribution in [3.63, 3.8) is 0 Å². The monoisotopic (exact) mass is 262 g/mol. The van der Waals surface area contributed by atoms with E-state index in [1.165, 1.54) is 0 Å². The molecule has 0 saturated heterocycles. The Labute approximate surface area is 94.8 Å². The molecule has 0 aliphatic rings. The number of alkyl halides is 1. The highest BCUT2D eigenvalue weighted by Crippen LogP contribution is 2.26. The van der Waals surface area contributed by atoms with E-state index in [4.69, 9.17) is 4.74 Å². The molecule has 0 aliphatic carbocycles. The summed E-state index contributed by atoms with van der Waals surface area (Å²) in [5, 5.41) is 0. The van der Waals surface area contributed by atoms with Gasteiger partial charge >= 0.3 is 5.97 Å². The molecule has 3 heteroatoms. The first-order valence-corrected chi connectivity index (χ1v) is 5.81. The summed E-state index contributed by atoms with van der Waals surface area (Å²) in [4.78, 5) is 11.5. The smallest absolute Gasteiger partial charge is 0.322 e. The molecule has 0 saturated carbocycles. The van der Waals surface area contributed by atoms with Gasteiger partial charge in [-0.2, -0.15) is 0 Å². The van der Waals surface area contributed by atoms with Crippen molar-refractivity contribution < 1.29 is 9.53 Å². The standard InChI is InChI=1S/C11H19BrO2/c1-4-6-7-8-11(3,12)10(13)14-9-5-2/h5H,2,4,6-9H2,1,3H3. The summed E-state index contributed by atoms with van der Waals surface area (Å²) in [5.74, 6) is -0.200. The van der Waals surface area contributed by atoms with Gasteiger partial charge in [0.1, 0.15) is 10.9 Å². The topological polar surface area (TPSA) is 26.3 Å². The van der Waals surface area contributed by atoms with Gasteiger partial charge in [-0.15, -0.1) is 0 Å². The molecule has 0 aromatic rings. The minimum atomic E-state index is -0.537. The van der Waals surface area contributed by atoms with Gasteiger partial charge in [-0.25, -0.2) is 0 Å². The highest BCUT2D eigenvalue weighted by molar-refractivity contribution is 9.10. The molecule has 0 heterocycles. The summed E-state index contributed by atoms with van der Waals surface area (Å²) >= 11 is 3.40. The van der Waals surface area contributed by atoms with Gasteiger partial charge in [-0.05, 0) is 13.3 Å². The molecule has 0 radical (unpaired) electrons. The maximum Gasteiger partial charge on any atom is 0.322 e. The lowest BCUT2D eigenvalue weighted by atomic mass is 10.0. The van der Waals surface area contributed by atoms with E-state index < -0.39 is 4.32 Å². The summed E-state index contributed by atoms with van der Waals surface area (Å²) in [6.45, 7) is 7.78. The molecule has 1 atom stereocenters. The number of ether oxygens (including phenoxy) is 1. The molecular formula is C11H19BrO2. The van der Waals surface area contributed by atoms with Crippen LogP contribution < -0.4 is 0 Å². The Morgan fingerprint density at radius 3 is 2.71 bits per heavy atom. The minimum Gasteiger partial charge on any atom is -0.460 e. The third kappa shape index (κ3) is 5.43. The summed E-state index contributed by atoms with van der Waals surface area (Å²) in [7, 11) is 0. The Morgan fingerprint density at radius 2 is 2.21 bits per heavy atom. The van der Waals surface area contributed by atoms with Crippen LogP contribution in [0.4, 0.5) is 0 Å². The van der Waals surface area contributed by atoms with Gasteiger partial charge in [0.05, 0.1) is 0 Å². The molecular weight excluding hydrogens is 244 g/mol. The van der Waals surface area contributed by atoms with Gasteiger partial charge in [0, 0.05) is 0 Å². The third-order valence-corrected chi connectivity index (χ3v) is 2.73. The first-order valence-electron chi connectivity index (χ1n) is 5.01. The predicted molar refractivity (Wildman–Crippen MR) is 62.6 cm³/mol. The van der Waals surface area contributed by atoms with Crippen LogP contribution in [-0.2, 0) is 9.53 Å². The quantitative estimate of drug-likeness (QED) is 0.304. The highest BCUT2D eigenvalue weighted by atomic mass is 79.9. The molecule has 0 amide bonds. The molecule has 0 bridgehead atoms. The van der Waals surface area contributed by atoms with E-state index in [-0.39, 0.29) is 12.6 Å². The van der Waals surface area contributed by atoms with Crippen LogP contribution in [-0.4, -0.2) is 16.9 Å². The number of hydrogen-bond donors (Lipinski definition) is 0. The Morgan fingerprint density at radius 1 is 1.57 bits per heavy atom. The van der Waals surface area contributed by atoms with Gasteiger partial charge in [0.25, 0.3) is 0 Å². The van der Waals surface area contributed by atoms with Crippen molar-refractivity contribution in [3.8, 4) is 0 Å². The zero-order valence-electron chi connectivity index (χ0n) is 9.01. The number of rotatable bonds is 7. The van der Waals surface area contributed by atoms with E-state index in [0.29, 0.717) is 0 Å². The second-order valence-corrected chi connectivity index (χ2v) is 5.29. The zero-order chi connectivity index (χ0) is 11.0. The Hall–Kier alpha value is -0.310. The van der Waals surface area contributed by atoms with Gasteiger partial charge in [0.2, 0.25) is 0 Å². The molecule has 0 N–H and O–H groups in total. The summed E-state index contributed by atoms with van der Waals surface area (Å²) < 4.78 is 4.45. The zero-order valence-corrected chi connectivity index (χ0v) is 10.6. The molecule has 0 aromatic carbocycles. The van der Waals surface area contributed by atoms with Crippen LogP contribution in [0.1, 0.15) is 39.5 Å². The summed E-state index contributed by atoms with van der Waals surface area (Å²) in [6.07, 6.45) is 5.74. The van der Waals surface area contributed by atoms with Crippen molar-refractivity contribution >= 4 is 21.9 Å². The van der Waals surface area contributed by atoms with Crippen LogP contribution in [0.25, 0.3) is 0 Å². The maximum atomic E-state index is 11.5. The third-order valence-electron chi connectivity index (χ3n) is 2.01. The molecule has 0 spiro atoms. The number of carbonyl (C=O) groups excluding carboxylic acids is 1. The van der Waals surface area contributed by atoms with E-state index in [9.17, 15) is 4.79 Å². The first kappa shape index (κ1) is 13.7. The molecule has 0 rings (SSSR count). The van der Waals surface area contributed by atoms with Gasteiger partial charge < -0.3 is 4.74 Å². The molecule has 1 unspecified atom stereocenters. The maximum absolute atomic E-state index is 11.5. The molecule has 2 nitrogen and oxygen atoms in total. The van der Waals surface area contributed by atoms with Crippen LogP contribution in [0.3, 0.4) is 0 Å². The molecule has 82 valence electrons. The van der Waals surface area contributed by atoms with Crippen molar-refractivity contribution in [1.29, 1.82) is 0 Å². The van der Waals surface area contributed by atoms with E-state index in [1.54, 1.807) is 6.08 Å². The lowest BCUT2D eigenvalue weighted by Crippen LogP contribution is -2.30. The van der Waals surface area contributed by atoms with Crippen molar-refractivity contribution in [1.82, 2.24) is 0 Å². The van der Waals surface area contributed by atoms with Crippen LogP contribution >= 0.6 is 15.9 Å². The van der Waals surface area contributed by atoms with Crippen molar-refractivity contribution in [2.45, 2.75) is 43.9 Å². The van der Waals surface area contributed by atoms with Crippen LogP contribution in [0, 0.1) is 0 Å². The van der Waals surface area contributed by atoms with Crippen LogP contribution in [0.2, 0.25) is 0 Å². The first-order chi connectivity index (χ1) is 6.54. The summed E-state index contributed by atoms with van der Waals surface area (Å²) in [5.41, 5.74) is 0. The largest absolute Gasteiger partial charge is 0.460 e. The average molecular weight is 263 g/mol. The lowest BCUT2D eigenvalue weighted by Gasteiger charge is -2.19. The average Bonchev–Trinajstić information content (AvgIpc) is 2.14. The van der Waals surface area contributed by atoms with Crippen molar-refractivity contribution in [3.05, 3.63) is 12.7 Å². The van der Waals surface area contributed by atoms with Gasteiger partial charge in [-0.3, -0.25) is 4.79 Å². The summed E-state index contributed by atoms with van der Waals surface area (Å²) in [6, 6.07) is 0. The minimum absolute atomic E-state index is 0.200. The fourth-order valence-electron chi connectivity index (χ4n) is 1.09. The molecule has 0 fully saturated rings. The number of hydrogen-bond acceptors (Lipinski definition) is 2. The Balaban J connectivity index is 3.89. The normalized spacial score (nSPS) is 14.5. The van der Waals surface area contributed by atoms with Crippen LogP contribution in [0.15, 0.2) is 12.7 Å². The van der Waals surface area contributed by atoms with Crippen molar-refractivity contribution in [2.75, 3.05) is 6.61 Å². The number of halogens is 1. The Kier molecular flexibility index (Phi) is 6.89. The SMILES string of the molecule is C=CCOC(=O)C(C)(Br)CCCCC. The van der Waals surface area contributed by atoms with E-state index in [2.05, 4.69) is 29.4 Å². The van der Waals surface area contributed by atoms with Crippen LogP contribution in [0.5, 0.6) is 0 Å². The highest BCUT2D eigenvalue weighted by Gasteiger charge is 2.30. The predicted octanol–water partition coefficient (Wildman–Crippen LogP) is 3.45. The molecule has 0 aromatic heterocycles. The number of esters is 1. The molecule has 14 heavy (non-hydrogen) atoms. The second kappa shape index (κ2) is 7.04. The fraction of sp³-hybridized carbons (Fsp3) is 0.727. The van der Waals surface area contributed by atoms with E-state index >= 15 is 0 Å². The van der Waals surface area contributed by atoms with Gasteiger partial charge in [0.15, 0.2) is 0 Å². The molecule has 0 aliphatic heterocycles. The number of carbonyl (C=O) groups is 1. The van der Waals surface area contributed by atoms with Gasteiger partial charge in [-0.1, -0.05) is 54.8 Å². The van der Waals surface area contributed by atoms with Crippen molar-refractivity contribution in [2.24, 2.45) is 0 Å². The lowest BCUT2D eigenvalue weighted by molar-refractivity contribution is -0.144. The number of unbranched alkanes of at least 4 members (excludes halogenated alkanes) is 2. The Bertz CT molecular complexity index is 188. The van der Waals surface area contributed by atoms with E-state index in [1.807, 2.05) is 6.92 Å². The second-order valence-electron chi connectivity index (χ2n) is 3.54. The van der Waals surface area contributed by atoms with E-state index in [0.717, 1.165) is 25.7 Å².